The van der Waals surface area contributed by atoms with Gasteiger partial charge in [0, 0.05) is 32.2 Å². The zero-order chi connectivity index (χ0) is 13.9. The fourth-order valence-electron chi connectivity index (χ4n) is 3.64. The van der Waals surface area contributed by atoms with Gasteiger partial charge in [-0.3, -0.25) is 9.59 Å². The van der Waals surface area contributed by atoms with Gasteiger partial charge in [-0.15, -0.1) is 0 Å². The lowest BCUT2D eigenvalue weighted by Gasteiger charge is -2.24. The smallest absolute Gasteiger partial charge is 0.225 e. The van der Waals surface area contributed by atoms with Crippen LogP contribution in [0, 0.1) is 5.92 Å². The van der Waals surface area contributed by atoms with Crippen LogP contribution in [0.5, 0.6) is 0 Å². The van der Waals surface area contributed by atoms with Crippen LogP contribution in [0.2, 0.25) is 0 Å². The third-order valence-electron chi connectivity index (χ3n) is 4.82. The van der Waals surface area contributed by atoms with Crippen molar-refractivity contribution in [2.45, 2.75) is 57.1 Å². The van der Waals surface area contributed by atoms with E-state index in [-0.39, 0.29) is 23.8 Å². The number of carbonyl (C=O) groups is 2. The van der Waals surface area contributed by atoms with E-state index in [0.29, 0.717) is 25.6 Å². The van der Waals surface area contributed by atoms with E-state index in [2.05, 4.69) is 5.32 Å². The van der Waals surface area contributed by atoms with E-state index in [9.17, 15) is 9.59 Å². The Morgan fingerprint density at radius 1 is 1.25 bits per heavy atom. The minimum absolute atomic E-state index is 0.0225. The highest BCUT2D eigenvalue weighted by atomic mass is 16.5. The molecule has 112 valence electrons. The van der Waals surface area contributed by atoms with E-state index in [0.717, 1.165) is 32.3 Å². The monoisotopic (exact) mass is 280 g/mol. The van der Waals surface area contributed by atoms with E-state index in [1.54, 1.807) is 0 Å². The molecule has 2 amide bonds. The summed E-state index contributed by atoms with van der Waals surface area (Å²) in [6.45, 7) is 2.01. The quantitative estimate of drug-likeness (QED) is 0.838. The summed E-state index contributed by atoms with van der Waals surface area (Å²) in [5, 5.41) is 2.96. The van der Waals surface area contributed by atoms with Gasteiger partial charge in [-0.25, -0.2) is 0 Å². The Morgan fingerprint density at radius 2 is 2.05 bits per heavy atom. The van der Waals surface area contributed by atoms with Crippen LogP contribution in [0.15, 0.2) is 0 Å². The van der Waals surface area contributed by atoms with Crippen LogP contribution >= 0.6 is 0 Å². The first kappa shape index (κ1) is 13.9. The zero-order valence-electron chi connectivity index (χ0n) is 12.0. The molecule has 5 heteroatoms. The molecule has 3 rings (SSSR count). The van der Waals surface area contributed by atoms with E-state index >= 15 is 0 Å². The molecule has 0 radical (unpaired) electrons. The van der Waals surface area contributed by atoms with Crippen LogP contribution in [0.1, 0.15) is 44.9 Å². The van der Waals surface area contributed by atoms with Crippen molar-refractivity contribution >= 4 is 11.8 Å². The third kappa shape index (κ3) is 2.97. The van der Waals surface area contributed by atoms with Crippen LogP contribution in [0.25, 0.3) is 0 Å². The Hall–Kier alpha value is -1.10. The fourth-order valence-corrected chi connectivity index (χ4v) is 3.64. The summed E-state index contributed by atoms with van der Waals surface area (Å²) in [6.07, 6.45) is 7.30. The molecule has 0 aromatic heterocycles. The standard InChI is InChI=1S/C15H24N2O3/c18-14-8-11(10-17(14)12-4-1-2-5-12)15(19)16-9-13-6-3-7-20-13/h11-13H,1-10H2,(H,16,19)/t11-,13+/m0/s1. The van der Waals surface area contributed by atoms with Gasteiger partial charge in [0.2, 0.25) is 11.8 Å². The molecular weight excluding hydrogens is 256 g/mol. The molecule has 0 unspecified atom stereocenters. The lowest BCUT2D eigenvalue weighted by molar-refractivity contribution is -0.130. The van der Waals surface area contributed by atoms with Crippen molar-refractivity contribution in [2.75, 3.05) is 19.7 Å². The second kappa shape index (κ2) is 6.12. The molecule has 0 aromatic carbocycles. The molecule has 1 aliphatic carbocycles. The van der Waals surface area contributed by atoms with Crippen molar-refractivity contribution in [1.29, 1.82) is 0 Å². The number of hydrogen-bond donors (Lipinski definition) is 1. The predicted molar refractivity (Wildman–Crippen MR) is 74.1 cm³/mol. The number of carbonyl (C=O) groups excluding carboxylic acids is 2. The lowest BCUT2D eigenvalue weighted by atomic mass is 10.1. The summed E-state index contributed by atoms with van der Waals surface area (Å²) in [5.74, 6) is 0.0213. The summed E-state index contributed by atoms with van der Waals surface area (Å²) in [5.41, 5.74) is 0. The van der Waals surface area contributed by atoms with Gasteiger partial charge in [-0.2, -0.15) is 0 Å². The average molecular weight is 280 g/mol. The number of rotatable bonds is 4. The topological polar surface area (TPSA) is 58.6 Å². The number of amides is 2. The van der Waals surface area contributed by atoms with Gasteiger partial charge in [0.05, 0.1) is 12.0 Å². The maximum Gasteiger partial charge on any atom is 0.225 e. The SMILES string of the molecule is O=C(NC[C@H]1CCCO1)[C@H]1CC(=O)N(C2CCCC2)C1. The fraction of sp³-hybridized carbons (Fsp3) is 0.867. The first-order valence-corrected chi connectivity index (χ1v) is 7.93. The number of hydrogen-bond acceptors (Lipinski definition) is 3. The van der Waals surface area contributed by atoms with Gasteiger partial charge in [0.15, 0.2) is 0 Å². The van der Waals surface area contributed by atoms with Gasteiger partial charge >= 0.3 is 0 Å². The van der Waals surface area contributed by atoms with Crippen LogP contribution in [-0.2, 0) is 14.3 Å². The number of ether oxygens (including phenoxy) is 1. The summed E-state index contributed by atoms with van der Waals surface area (Å²) < 4.78 is 5.50. The Morgan fingerprint density at radius 3 is 2.75 bits per heavy atom. The molecule has 1 saturated carbocycles. The van der Waals surface area contributed by atoms with Crippen LogP contribution in [0.3, 0.4) is 0 Å². The predicted octanol–water partition coefficient (Wildman–Crippen LogP) is 1.07. The van der Waals surface area contributed by atoms with Crippen molar-refractivity contribution in [3.63, 3.8) is 0 Å². The van der Waals surface area contributed by atoms with Gasteiger partial charge in [0.1, 0.15) is 0 Å². The molecule has 2 heterocycles. The Kier molecular flexibility index (Phi) is 4.24. The normalized spacial score (nSPS) is 31.2. The van der Waals surface area contributed by atoms with Crippen molar-refractivity contribution < 1.29 is 14.3 Å². The third-order valence-corrected chi connectivity index (χ3v) is 4.82. The van der Waals surface area contributed by atoms with E-state index in [4.69, 9.17) is 4.74 Å². The summed E-state index contributed by atoms with van der Waals surface area (Å²) in [4.78, 5) is 26.2. The van der Waals surface area contributed by atoms with Gasteiger partial charge in [0.25, 0.3) is 0 Å². The first-order chi connectivity index (χ1) is 9.74. The van der Waals surface area contributed by atoms with Crippen molar-refractivity contribution in [3.8, 4) is 0 Å². The highest BCUT2D eigenvalue weighted by Gasteiger charge is 2.38. The molecule has 5 nitrogen and oxygen atoms in total. The molecule has 1 N–H and O–H groups in total. The average Bonchev–Trinajstić information content (AvgIpc) is 3.17. The number of likely N-dealkylation sites (tertiary alicyclic amines) is 1. The molecule has 0 aromatic rings. The molecule has 2 saturated heterocycles. The second-order valence-corrected chi connectivity index (χ2v) is 6.27. The van der Waals surface area contributed by atoms with Gasteiger partial charge in [-0.1, -0.05) is 12.8 Å². The highest BCUT2D eigenvalue weighted by molar-refractivity contribution is 5.89. The molecular formula is C15H24N2O3. The summed E-state index contributed by atoms with van der Waals surface area (Å²) in [7, 11) is 0. The second-order valence-electron chi connectivity index (χ2n) is 6.27. The lowest BCUT2D eigenvalue weighted by Crippen LogP contribution is -2.39. The Labute approximate surface area is 120 Å². The molecule has 20 heavy (non-hydrogen) atoms. The minimum atomic E-state index is -0.162. The van der Waals surface area contributed by atoms with E-state index in [1.807, 2.05) is 4.90 Å². The maximum absolute atomic E-state index is 12.2. The maximum atomic E-state index is 12.2. The largest absolute Gasteiger partial charge is 0.376 e. The molecule has 0 spiro atoms. The van der Waals surface area contributed by atoms with Crippen LogP contribution in [0.4, 0.5) is 0 Å². The molecule has 2 atom stereocenters. The Bertz CT molecular complexity index is 373. The molecule has 0 bridgehead atoms. The van der Waals surface area contributed by atoms with Gasteiger partial charge < -0.3 is 15.0 Å². The van der Waals surface area contributed by atoms with Crippen LogP contribution < -0.4 is 5.32 Å². The molecule has 3 aliphatic rings. The van der Waals surface area contributed by atoms with Crippen LogP contribution in [-0.4, -0.2) is 48.6 Å². The summed E-state index contributed by atoms with van der Waals surface area (Å²) in [6, 6.07) is 0.387. The number of nitrogens with one attached hydrogen (secondary N) is 1. The first-order valence-electron chi connectivity index (χ1n) is 7.93. The van der Waals surface area contributed by atoms with Crippen molar-refractivity contribution in [1.82, 2.24) is 10.2 Å². The molecule has 2 aliphatic heterocycles. The highest BCUT2D eigenvalue weighted by Crippen LogP contribution is 2.29. The van der Waals surface area contributed by atoms with Crippen molar-refractivity contribution in [2.24, 2.45) is 5.92 Å². The van der Waals surface area contributed by atoms with Gasteiger partial charge in [-0.05, 0) is 25.7 Å². The van der Waals surface area contributed by atoms with E-state index < -0.39 is 0 Å². The minimum Gasteiger partial charge on any atom is -0.376 e. The van der Waals surface area contributed by atoms with E-state index in [1.165, 1.54) is 12.8 Å². The van der Waals surface area contributed by atoms with Crippen molar-refractivity contribution in [3.05, 3.63) is 0 Å². The molecule has 3 fully saturated rings. The summed E-state index contributed by atoms with van der Waals surface area (Å²) >= 11 is 0. The number of nitrogens with zero attached hydrogens (tertiary/aromatic N) is 1. The Balaban J connectivity index is 1.47. The zero-order valence-corrected chi connectivity index (χ0v) is 12.0.